The Morgan fingerprint density at radius 3 is 2.19 bits per heavy atom. The summed E-state index contributed by atoms with van der Waals surface area (Å²) in [7, 11) is 0. The molecule has 21 heavy (non-hydrogen) atoms. The highest BCUT2D eigenvalue weighted by atomic mass is 79.9. The van der Waals surface area contributed by atoms with E-state index in [1.807, 2.05) is 34.1 Å². The van der Waals surface area contributed by atoms with Crippen molar-refractivity contribution in [3.05, 3.63) is 34.3 Å². The lowest BCUT2D eigenvalue weighted by atomic mass is 9.84. The van der Waals surface area contributed by atoms with Crippen LogP contribution in [0.1, 0.15) is 29.6 Å². The van der Waals surface area contributed by atoms with Crippen molar-refractivity contribution in [3.8, 4) is 0 Å². The van der Waals surface area contributed by atoms with E-state index in [0.717, 1.165) is 17.3 Å². The quantitative estimate of drug-likeness (QED) is 0.822. The van der Waals surface area contributed by atoms with Gasteiger partial charge >= 0.3 is 0 Å². The Kier molecular flexibility index (Phi) is 4.29. The van der Waals surface area contributed by atoms with Gasteiger partial charge in [0.2, 0.25) is 5.91 Å². The van der Waals surface area contributed by atoms with Crippen LogP contribution in [0, 0.1) is 5.92 Å². The van der Waals surface area contributed by atoms with Gasteiger partial charge in [-0.1, -0.05) is 18.6 Å². The van der Waals surface area contributed by atoms with E-state index in [4.69, 9.17) is 0 Å². The number of hydrogen-bond donors (Lipinski definition) is 0. The smallest absolute Gasteiger partial charge is 0.255 e. The van der Waals surface area contributed by atoms with Crippen LogP contribution in [0.2, 0.25) is 0 Å². The molecule has 1 aliphatic heterocycles. The maximum atomic E-state index is 12.5. The molecule has 4 nitrogen and oxygen atoms in total. The van der Waals surface area contributed by atoms with Crippen LogP contribution in [-0.2, 0) is 4.79 Å². The second kappa shape index (κ2) is 6.18. The second-order valence-electron chi connectivity index (χ2n) is 5.73. The van der Waals surface area contributed by atoms with Crippen molar-refractivity contribution in [3.63, 3.8) is 0 Å². The van der Waals surface area contributed by atoms with Crippen LogP contribution < -0.4 is 0 Å². The average Bonchev–Trinajstić information content (AvgIpc) is 2.45. The zero-order valence-electron chi connectivity index (χ0n) is 11.9. The molecule has 1 aromatic carbocycles. The van der Waals surface area contributed by atoms with Crippen LogP contribution in [0.4, 0.5) is 0 Å². The van der Waals surface area contributed by atoms with Gasteiger partial charge in [0.25, 0.3) is 5.91 Å². The largest absolute Gasteiger partial charge is 0.339 e. The van der Waals surface area contributed by atoms with Crippen LogP contribution in [0.15, 0.2) is 28.7 Å². The fraction of sp³-hybridized carbons (Fsp3) is 0.500. The summed E-state index contributed by atoms with van der Waals surface area (Å²) in [6.07, 6.45) is 3.25. The summed E-state index contributed by atoms with van der Waals surface area (Å²) in [5.74, 6) is 0.572. The van der Waals surface area contributed by atoms with Crippen LogP contribution in [0.25, 0.3) is 0 Å². The van der Waals surface area contributed by atoms with Gasteiger partial charge in [-0.15, -0.1) is 0 Å². The van der Waals surface area contributed by atoms with Crippen molar-refractivity contribution in [1.82, 2.24) is 9.80 Å². The summed E-state index contributed by atoms with van der Waals surface area (Å²) in [6.45, 7) is 2.56. The van der Waals surface area contributed by atoms with Crippen molar-refractivity contribution in [2.75, 3.05) is 26.2 Å². The summed E-state index contributed by atoms with van der Waals surface area (Å²) in [6, 6.07) is 7.48. The molecule has 0 aromatic heterocycles. The summed E-state index contributed by atoms with van der Waals surface area (Å²) < 4.78 is 0.822. The Bertz CT molecular complexity index is 549. The van der Waals surface area contributed by atoms with Crippen LogP contribution in [0.5, 0.6) is 0 Å². The Balaban J connectivity index is 1.59. The molecular formula is C16H19BrN2O2. The van der Waals surface area contributed by atoms with Crippen molar-refractivity contribution in [2.45, 2.75) is 19.3 Å². The average molecular weight is 351 g/mol. The summed E-state index contributed by atoms with van der Waals surface area (Å²) >= 11 is 3.42. The number of nitrogens with zero attached hydrogens (tertiary/aromatic N) is 2. The first kappa shape index (κ1) is 14.6. The molecule has 0 bridgehead atoms. The van der Waals surface area contributed by atoms with Gasteiger partial charge in [0.15, 0.2) is 0 Å². The molecule has 0 unspecified atom stereocenters. The number of rotatable bonds is 2. The molecule has 112 valence electrons. The first-order valence-electron chi connectivity index (χ1n) is 7.49. The molecule has 1 saturated carbocycles. The Morgan fingerprint density at radius 1 is 1.00 bits per heavy atom. The molecule has 0 atom stereocenters. The zero-order valence-corrected chi connectivity index (χ0v) is 13.5. The third-order valence-electron chi connectivity index (χ3n) is 4.44. The van der Waals surface area contributed by atoms with Gasteiger partial charge in [0.05, 0.1) is 5.56 Å². The third-order valence-corrected chi connectivity index (χ3v) is 5.13. The standard InChI is InChI=1S/C16H19BrN2O2/c17-14-7-2-1-6-13(14)16(21)19-10-8-18(9-11-19)15(20)12-4-3-5-12/h1-2,6-7,12H,3-5,8-11H2. The van der Waals surface area contributed by atoms with E-state index in [1.54, 1.807) is 0 Å². The number of carbonyl (C=O) groups is 2. The minimum Gasteiger partial charge on any atom is -0.339 e. The van der Waals surface area contributed by atoms with Gasteiger partial charge in [0, 0.05) is 36.6 Å². The molecule has 1 heterocycles. The van der Waals surface area contributed by atoms with Crippen LogP contribution >= 0.6 is 15.9 Å². The van der Waals surface area contributed by atoms with E-state index in [2.05, 4.69) is 15.9 Å². The summed E-state index contributed by atoms with van der Waals surface area (Å²) in [4.78, 5) is 28.4. The van der Waals surface area contributed by atoms with Gasteiger partial charge in [0.1, 0.15) is 0 Å². The monoisotopic (exact) mass is 350 g/mol. The molecule has 0 spiro atoms. The number of amides is 2. The minimum absolute atomic E-state index is 0.0400. The predicted octanol–water partition coefficient (Wildman–Crippen LogP) is 2.53. The van der Waals surface area contributed by atoms with Crippen LogP contribution in [-0.4, -0.2) is 47.8 Å². The van der Waals surface area contributed by atoms with Gasteiger partial charge in [-0.05, 0) is 40.9 Å². The highest BCUT2D eigenvalue weighted by molar-refractivity contribution is 9.10. The predicted molar refractivity (Wildman–Crippen MR) is 84.0 cm³/mol. The number of carbonyl (C=O) groups excluding carboxylic acids is 2. The fourth-order valence-corrected chi connectivity index (χ4v) is 3.30. The molecule has 1 aromatic rings. The second-order valence-corrected chi connectivity index (χ2v) is 6.58. The maximum Gasteiger partial charge on any atom is 0.255 e. The number of halogens is 1. The van der Waals surface area contributed by atoms with E-state index in [-0.39, 0.29) is 17.7 Å². The first-order chi connectivity index (χ1) is 10.2. The molecule has 2 amide bonds. The van der Waals surface area contributed by atoms with E-state index in [1.165, 1.54) is 6.42 Å². The van der Waals surface area contributed by atoms with Crippen LogP contribution in [0.3, 0.4) is 0 Å². The van der Waals surface area contributed by atoms with Gasteiger partial charge in [-0.25, -0.2) is 0 Å². The number of piperazine rings is 1. The Labute approximate surface area is 133 Å². The molecule has 3 rings (SSSR count). The summed E-state index contributed by atoms with van der Waals surface area (Å²) in [5, 5.41) is 0. The van der Waals surface area contributed by atoms with Gasteiger partial charge < -0.3 is 9.80 Å². The lowest BCUT2D eigenvalue weighted by molar-refractivity contribution is -0.139. The fourth-order valence-electron chi connectivity index (χ4n) is 2.85. The van der Waals surface area contributed by atoms with Crippen molar-refractivity contribution in [2.24, 2.45) is 5.92 Å². The van der Waals surface area contributed by atoms with Gasteiger partial charge in [-0.2, -0.15) is 0 Å². The molecular weight excluding hydrogens is 332 g/mol. The normalized spacial score (nSPS) is 19.3. The van der Waals surface area contributed by atoms with E-state index in [0.29, 0.717) is 31.7 Å². The molecule has 1 saturated heterocycles. The number of hydrogen-bond acceptors (Lipinski definition) is 2. The van der Waals surface area contributed by atoms with Crippen molar-refractivity contribution >= 4 is 27.7 Å². The van der Waals surface area contributed by atoms with E-state index in [9.17, 15) is 9.59 Å². The highest BCUT2D eigenvalue weighted by Gasteiger charge is 2.32. The lowest BCUT2D eigenvalue weighted by Crippen LogP contribution is -2.52. The molecule has 2 aliphatic rings. The molecule has 2 fully saturated rings. The molecule has 5 heteroatoms. The SMILES string of the molecule is O=C(c1ccccc1Br)N1CCN(C(=O)C2CCC2)CC1. The van der Waals surface area contributed by atoms with E-state index < -0.39 is 0 Å². The Hall–Kier alpha value is -1.36. The van der Waals surface area contributed by atoms with Crippen molar-refractivity contribution in [1.29, 1.82) is 0 Å². The van der Waals surface area contributed by atoms with Crippen molar-refractivity contribution < 1.29 is 9.59 Å². The first-order valence-corrected chi connectivity index (χ1v) is 8.28. The summed E-state index contributed by atoms with van der Waals surface area (Å²) in [5.41, 5.74) is 0.691. The van der Waals surface area contributed by atoms with E-state index >= 15 is 0 Å². The molecule has 0 radical (unpaired) electrons. The maximum absolute atomic E-state index is 12.5. The zero-order chi connectivity index (χ0) is 14.8. The Morgan fingerprint density at radius 2 is 1.62 bits per heavy atom. The molecule has 1 aliphatic carbocycles. The third kappa shape index (κ3) is 2.98. The topological polar surface area (TPSA) is 40.6 Å². The number of benzene rings is 1. The molecule has 0 N–H and O–H groups in total. The minimum atomic E-state index is 0.0400. The van der Waals surface area contributed by atoms with Gasteiger partial charge in [-0.3, -0.25) is 9.59 Å². The highest BCUT2D eigenvalue weighted by Crippen LogP contribution is 2.28. The lowest BCUT2D eigenvalue weighted by Gasteiger charge is -2.38.